The smallest absolute Gasteiger partial charge is 0.341 e. The molecule has 136 heavy (non-hydrogen) atoms. The van der Waals surface area contributed by atoms with Crippen LogP contribution in [0.3, 0.4) is 0 Å². The van der Waals surface area contributed by atoms with Crippen LogP contribution in [0.2, 0.25) is 5.28 Å². The largest absolute Gasteiger partial charge is 0.465 e. The third-order valence-electron chi connectivity index (χ3n) is 23.5. The van der Waals surface area contributed by atoms with E-state index in [9.17, 15) is 29.2 Å². The van der Waals surface area contributed by atoms with Gasteiger partial charge >= 0.3 is 11.9 Å². The second kappa shape index (κ2) is 42.9. The van der Waals surface area contributed by atoms with Crippen molar-refractivity contribution in [3.63, 3.8) is 0 Å². The number of aromatic nitrogens is 22. The fourth-order valence-corrected chi connectivity index (χ4v) is 16.9. The molecule has 3 unspecified atom stereocenters. The van der Waals surface area contributed by atoms with Gasteiger partial charge in [0.1, 0.15) is 61.2 Å². The quantitative estimate of drug-likeness (QED) is 0.0262. The van der Waals surface area contributed by atoms with Crippen LogP contribution in [-0.2, 0) is 36.8 Å². The van der Waals surface area contributed by atoms with Gasteiger partial charge in [0.05, 0.1) is 117 Å². The number of carbonyl (C=O) groups is 2. The molecule has 6 aromatic carbocycles. The van der Waals surface area contributed by atoms with E-state index in [0.717, 1.165) is 87.8 Å². The highest BCUT2D eigenvalue weighted by Gasteiger charge is 2.31. The van der Waals surface area contributed by atoms with Gasteiger partial charge in [-0.1, -0.05) is 106 Å². The molecule has 11 aromatic heterocycles. The molecule has 20 rings (SSSR count). The number of methoxy groups -OCH3 is 1. The number of esters is 2. The van der Waals surface area contributed by atoms with Crippen LogP contribution in [0.25, 0.3) is 83.3 Å². The molecule has 17 aromatic rings. The summed E-state index contributed by atoms with van der Waals surface area (Å²) in [5.41, 5.74) is 15.4. The molecule has 39 heteroatoms. The fraction of sp³-hybridized carbons (Fsp3) is 0.299. The van der Waals surface area contributed by atoms with Gasteiger partial charge in [-0.05, 0) is 167 Å². The van der Waals surface area contributed by atoms with Gasteiger partial charge in [0, 0.05) is 57.7 Å². The first-order valence-corrected chi connectivity index (χ1v) is 45.4. The molecule has 692 valence electrons. The van der Waals surface area contributed by atoms with Gasteiger partial charge in [-0.3, -0.25) is 41.8 Å². The Morgan fingerprint density at radius 3 is 1.21 bits per heavy atom. The van der Waals surface area contributed by atoms with E-state index >= 15 is 0 Å². The Morgan fingerprint density at radius 2 is 0.838 bits per heavy atom. The first-order chi connectivity index (χ1) is 66.7. The van der Waals surface area contributed by atoms with E-state index in [4.69, 9.17) is 51.2 Å². The Balaban J connectivity index is 0.000000135. The average molecular weight is 1850 g/mol. The van der Waals surface area contributed by atoms with E-state index in [1.54, 1.807) is 57.8 Å². The summed E-state index contributed by atoms with van der Waals surface area (Å²) < 4.78 is 38.2. The number of hydrogen-bond acceptors (Lipinski definition) is 32. The molecule has 3 aliphatic rings. The monoisotopic (exact) mass is 1850 g/mol. The second-order valence-electron chi connectivity index (χ2n) is 32.0. The summed E-state index contributed by atoms with van der Waals surface area (Å²) in [6.07, 6.45) is 26.0. The van der Waals surface area contributed by atoms with Crippen LogP contribution in [-0.4, -0.2) is 153 Å². The highest BCUT2D eigenvalue weighted by Crippen LogP contribution is 2.36. The normalized spacial score (nSPS) is 15.5. The number of fused-ring (bicyclic) bond motifs is 6. The molecule has 3 aliphatic heterocycles. The zero-order valence-electron chi connectivity index (χ0n) is 75.1. The molecular weight excluding hydrogens is 1750 g/mol. The average Bonchev–Trinajstić information content (AvgIpc) is 0.908. The van der Waals surface area contributed by atoms with Crippen molar-refractivity contribution >= 4 is 113 Å². The summed E-state index contributed by atoms with van der Waals surface area (Å²) in [5.74, 6) is 2.68. The van der Waals surface area contributed by atoms with Crippen molar-refractivity contribution in [3.8, 4) is 23.1 Å². The van der Waals surface area contributed by atoms with Crippen LogP contribution < -0.4 is 43.7 Å². The summed E-state index contributed by atoms with van der Waals surface area (Å²) in [5, 5.41) is 24.8. The summed E-state index contributed by atoms with van der Waals surface area (Å²) >= 11 is 5.39. The number of imidazole rings is 3. The number of halogens is 1. The van der Waals surface area contributed by atoms with Crippen LogP contribution in [0.15, 0.2) is 223 Å². The maximum atomic E-state index is 14.6. The molecule has 0 bridgehead atoms. The van der Waals surface area contributed by atoms with Crippen molar-refractivity contribution < 1.29 is 33.3 Å². The molecular formula is C97H97ClN28O10. The van der Waals surface area contributed by atoms with Gasteiger partial charge in [-0.2, -0.15) is 5.26 Å². The third kappa shape index (κ3) is 19.7. The van der Waals surface area contributed by atoms with Gasteiger partial charge in [-0.25, -0.2) is 89.3 Å². The lowest BCUT2D eigenvalue weighted by molar-refractivity contribution is -0.0299. The Hall–Kier alpha value is -15.7. The van der Waals surface area contributed by atoms with Crippen LogP contribution in [0, 0.1) is 11.3 Å². The van der Waals surface area contributed by atoms with Crippen LogP contribution in [0.4, 0.5) is 23.4 Å². The van der Waals surface area contributed by atoms with Crippen molar-refractivity contribution in [2.45, 2.75) is 155 Å². The summed E-state index contributed by atoms with van der Waals surface area (Å²) in [4.78, 5) is 137. The molecule has 0 spiro atoms. The Kier molecular flexibility index (Phi) is 29.1. The van der Waals surface area contributed by atoms with Crippen LogP contribution >= 0.6 is 11.6 Å². The van der Waals surface area contributed by atoms with Gasteiger partial charge in [-0.15, -0.1) is 0 Å². The first-order valence-electron chi connectivity index (χ1n) is 45.0. The zero-order chi connectivity index (χ0) is 94.1. The zero-order valence-corrected chi connectivity index (χ0v) is 75.9. The minimum atomic E-state index is -0.487. The predicted octanol–water partition coefficient (Wildman–Crippen LogP) is 15.2. The highest BCUT2D eigenvalue weighted by molar-refractivity contribution is 6.28. The Labute approximate surface area is 782 Å². The van der Waals surface area contributed by atoms with Gasteiger partial charge in [0.25, 0.3) is 16.7 Å². The summed E-state index contributed by atoms with van der Waals surface area (Å²) in [6, 6.07) is 45.7. The van der Waals surface area contributed by atoms with Gasteiger partial charge in [0.15, 0.2) is 50.9 Å². The minimum Gasteiger partial charge on any atom is -0.465 e. The number of nitriles is 1. The number of anilines is 4. The maximum Gasteiger partial charge on any atom is 0.341 e. The number of carbonyl (C=O) groups excluding carboxylic acids is 2. The number of rotatable bonds is 25. The standard InChI is InChI=1S/C35H36N10O4.C28H30N8O2.C28H26N8O2.C6H5ClN2O2/c1-3-25(42-30-29-32(40-20-39-30)44(21-41-29)27-15-8-9-16-49-27)31-43-26-14-10-11-22(28(26)33(46)45(31)24-12-6-5-7-13-24)17-36-35-37-18-23(19-38-35)34(47)48-4-2;2*1-2-20(33-25-24-27(31-16-30-25)35(17-32-24)22-13-6-7-14-38-22)26-34-21-12-8-9-18(15-29)23(21)28(37)36(26)19-10-4-3-5-11-19;1-11-5(10)4-2-8-6(7)9-3-4/h5-7,10-14,18-21,25,27H,3-4,8-9,15-17H2,1-2H3,(H,36,37,38)(H,39,40,42);3-5,8-12,16-17,20,22H,2,6-7,13-15,29H2,1H3,(H,30,31,33);3-5,8-12,16-17,20,22H,2,6-7,13-14H2,1H3,(H,30,31,33);2-3H,1H3/t25-,27?;2*20-,22?;/m000./s1. The second-order valence-corrected chi connectivity index (χ2v) is 32.3. The van der Waals surface area contributed by atoms with E-state index in [0.29, 0.717) is 150 Å². The van der Waals surface area contributed by atoms with Crippen molar-refractivity contribution in [1.29, 1.82) is 5.26 Å². The SMILES string of the molecule is CCOC(=O)c1cnc(NCc2cccc3nc([C@H](CC)Nc4ncnc5c4ncn5C4CCCCO4)n(-c4ccccc4)c(=O)c23)nc1.CC[C@H](Nc1ncnc2c1ncn2C1CCCCO1)c1nc2cccc(C#N)c2c(=O)n1-c1ccccc1.CC[C@H](Nc1ncnc2c1ncn2C1CCCCO1)c1nc2cccc(CN)c2c(=O)n1-c1ccccc1.COC(=O)c1cnc(Cl)nc1. The molecule has 0 amide bonds. The highest BCUT2D eigenvalue weighted by atomic mass is 35.5. The van der Waals surface area contributed by atoms with Crippen LogP contribution in [0.5, 0.6) is 0 Å². The molecule has 0 radical (unpaired) electrons. The number of nitrogens with two attached hydrogens (primary N) is 1. The Bertz CT molecular complexity index is 7350. The lowest BCUT2D eigenvalue weighted by atomic mass is 10.1. The van der Waals surface area contributed by atoms with Crippen molar-refractivity contribution in [1.82, 2.24) is 107 Å². The lowest BCUT2D eigenvalue weighted by Crippen LogP contribution is -2.29. The minimum absolute atomic E-state index is 0.0828. The fourth-order valence-electron chi connectivity index (χ4n) is 16.8. The number of hydrogen-bond donors (Lipinski definition) is 5. The van der Waals surface area contributed by atoms with E-state index in [2.05, 4.69) is 96.9 Å². The van der Waals surface area contributed by atoms with E-state index in [1.807, 2.05) is 162 Å². The van der Waals surface area contributed by atoms with E-state index in [1.165, 1.54) is 50.9 Å². The molecule has 0 aliphatic carbocycles. The van der Waals surface area contributed by atoms with E-state index < -0.39 is 18.0 Å². The summed E-state index contributed by atoms with van der Waals surface area (Å²) in [7, 11) is 1.29. The number of nitrogens with one attached hydrogen (secondary N) is 4. The van der Waals surface area contributed by atoms with Gasteiger partial charge < -0.3 is 50.7 Å². The number of ether oxygens (including phenoxy) is 5. The predicted molar refractivity (Wildman–Crippen MR) is 511 cm³/mol. The van der Waals surface area contributed by atoms with Gasteiger partial charge in [0.2, 0.25) is 11.2 Å². The number of para-hydroxylation sites is 3. The molecule has 3 saturated heterocycles. The topological polar surface area (TPSA) is 465 Å². The molecule has 38 nitrogen and oxygen atoms in total. The molecule has 6 atom stereocenters. The lowest BCUT2D eigenvalue weighted by Gasteiger charge is -2.24. The number of nitrogens with zero attached hydrogens (tertiary/aromatic N) is 23. The van der Waals surface area contributed by atoms with Crippen LogP contribution in [0.1, 0.15) is 196 Å². The molecule has 0 saturated carbocycles. The molecule has 14 heterocycles. The van der Waals surface area contributed by atoms with Crippen molar-refractivity contribution in [2.24, 2.45) is 5.73 Å². The Morgan fingerprint density at radius 1 is 0.463 bits per heavy atom. The van der Waals surface area contributed by atoms with Crippen molar-refractivity contribution in [2.75, 3.05) is 54.8 Å². The maximum absolute atomic E-state index is 14.6. The van der Waals surface area contributed by atoms with Crippen molar-refractivity contribution in [3.05, 3.63) is 290 Å². The first kappa shape index (κ1) is 92.2. The molecule has 3 fully saturated rings. The van der Waals surface area contributed by atoms with E-state index in [-0.39, 0.29) is 83.6 Å². The third-order valence-corrected chi connectivity index (χ3v) is 23.7. The summed E-state index contributed by atoms with van der Waals surface area (Å²) in [6.45, 7) is 10.8. The molecule has 6 N–H and O–H groups in total. The number of benzene rings is 6.